The minimum absolute atomic E-state index is 0.857. The van der Waals surface area contributed by atoms with Gasteiger partial charge in [-0.25, -0.2) is 0 Å². The second-order valence-electron chi connectivity index (χ2n) is 2.92. The van der Waals surface area contributed by atoms with Crippen LogP contribution in [0.5, 0.6) is 0 Å². The van der Waals surface area contributed by atoms with Crippen molar-refractivity contribution in [3.8, 4) is 0 Å². The minimum atomic E-state index is 0.857. The third-order valence-corrected chi connectivity index (χ3v) is 2.28. The summed E-state index contributed by atoms with van der Waals surface area (Å²) in [5.74, 6) is 0. The highest BCUT2D eigenvalue weighted by Crippen LogP contribution is 2.01. The average molecular weight is 195 g/mol. The molecule has 3 heteroatoms. The van der Waals surface area contributed by atoms with Crippen LogP contribution in [0.4, 0.5) is 0 Å². The van der Waals surface area contributed by atoms with E-state index in [0.29, 0.717) is 0 Å². The molecule has 2 nitrogen and oxygen atoms in total. The van der Waals surface area contributed by atoms with Gasteiger partial charge in [-0.3, -0.25) is 4.99 Å². The third kappa shape index (κ3) is 4.88. The van der Waals surface area contributed by atoms with Gasteiger partial charge in [0.2, 0.25) is 0 Å². The van der Waals surface area contributed by atoms with E-state index in [-0.39, 0.29) is 0 Å². The summed E-state index contributed by atoms with van der Waals surface area (Å²) in [6.45, 7) is 10.2. The molecule has 0 saturated heterocycles. The van der Waals surface area contributed by atoms with E-state index in [1.165, 1.54) is 5.70 Å². The van der Waals surface area contributed by atoms with E-state index >= 15 is 0 Å². The van der Waals surface area contributed by atoms with Gasteiger partial charge in [-0.2, -0.15) is 0 Å². The van der Waals surface area contributed by atoms with E-state index in [0.717, 1.165) is 25.0 Å². The van der Waals surface area contributed by atoms with Crippen LogP contribution in [-0.4, -0.2) is 40.1 Å². The van der Waals surface area contributed by atoms with Crippen LogP contribution in [0.25, 0.3) is 0 Å². The fraction of sp³-hybridized carbons (Fsp3) is 0.700. The number of hydrogen-bond acceptors (Lipinski definition) is 2. The SMILES string of the molecule is CCN=C(C)/C=C(/C)N(CC)C[Si]. The van der Waals surface area contributed by atoms with Crippen molar-refractivity contribution in [2.24, 2.45) is 4.99 Å². The van der Waals surface area contributed by atoms with Crippen molar-refractivity contribution in [1.29, 1.82) is 0 Å². The van der Waals surface area contributed by atoms with E-state index < -0.39 is 0 Å². The smallest absolute Gasteiger partial charge is 0.0513 e. The van der Waals surface area contributed by atoms with Gasteiger partial charge >= 0.3 is 0 Å². The van der Waals surface area contributed by atoms with E-state index in [2.05, 4.69) is 47.0 Å². The molecule has 0 spiro atoms. The van der Waals surface area contributed by atoms with Crippen molar-refractivity contribution in [3.63, 3.8) is 0 Å². The zero-order valence-electron chi connectivity index (χ0n) is 9.09. The van der Waals surface area contributed by atoms with Crippen LogP contribution in [0.15, 0.2) is 16.8 Å². The topological polar surface area (TPSA) is 15.6 Å². The first-order valence-corrected chi connectivity index (χ1v) is 5.45. The van der Waals surface area contributed by atoms with E-state index in [4.69, 9.17) is 0 Å². The van der Waals surface area contributed by atoms with Crippen LogP contribution in [0.3, 0.4) is 0 Å². The highest BCUT2D eigenvalue weighted by molar-refractivity contribution is 6.08. The van der Waals surface area contributed by atoms with Gasteiger partial charge < -0.3 is 4.90 Å². The predicted molar refractivity (Wildman–Crippen MR) is 60.4 cm³/mol. The fourth-order valence-corrected chi connectivity index (χ4v) is 1.65. The number of rotatable bonds is 5. The molecule has 0 aliphatic heterocycles. The molecule has 73 valence electrons. The van der Waals surface area contributed by atoms with Crippen LogP contribution >= 0.6 is 0 Å². The molecule has 0 bridgehead atoms. The van der Waals surface area contributed by atoms with Crippen LogP contribution in [0.2, 0.25) is 0 Å². The molecule has 0 aliphatic rings. The Bertz CT molecular complexity index is 193. The van der Waals surface area contributed by atoms with Gasteiger partial charge in [-0.1, -0.05) is 0 Å². The van der Waals surface area contributed by atoms with E-state index in [1.807, 2.05) is 6.92 Å². The summed E-state index contributed by atoms with van der Waals surface area (Å²) in [6, 6.07) is 0. The molecular weight excluding hydrogens is 176 g/mol. The van der Waals surface area contributed by atoms with Crippen LogP contribution < -0.4 is 0 Å². The summed E-state index contributed by atoms with van der Waals surface area (Å²) in [7, 11) is 3.50. The van der Waals surface area contributed by atoms with Gasteiger partial charge in [0.1, 0.15) is 0 Å². The number of nitrogens with zero attached hydrogens (tertiary/aromatic N) is 2. The maximum absolute atomic E-state index is 4.31. The van der Waals surface area contributed by atoms with Crippen LogP contribution in [-0.2, 0) is 0 Å². The number of allylic oxidation sites excluding steroid dienone is 2. The van der Waals surface area contributed by atoms with Crippen molar-refractivity contribution < 1.29 is 0 Å². The first-order chi connectivity index (χ1) is 6.15. The van der Waals surface area contributed by atoms with Crippen molar-refractivity contribution in [3.05, 3.63) is 11.8 Å². The molecule has 0 saturated carbocycles. The van der Waals surface area contributed by atoms with Crippen LogP contribution in [0.1, 0.15) is 27.7 Å². The third-order valence-electron chi connectivity index (χ3n) is 1.90. The standard InChI is InChI=1S/C10H19N2Si/c1-5-11-9(3)7-10(4)12(6-2)8-13/h7H,5-6,8H2,1-4H3/b10-7-,11-9?. The van der Waals surface area contributed by atoms with Crippen LogP contribution in [0, 0.1) is 0 Å². The van der Waals surface area contributed by atoms with Gasteiger partial charge in [0.25, 0.3) is 0 Å². The Kier molecular flexibility index (Phi) is 6.59. The Morgan fingerprint density at radius 2 is 2.00 bits per heavy atom. The van der Waals surface area contributed by atoms with Gasteiger partial charge in [0.05, 0.1) is 10.2 Å². The fourth-order valence-electron chi connectivity index (χ4n) is 1.17. The molecule has 0 amide bonds. The van der Waals surface area contributed by atoms with Gasteiger partial charge in [0, 0.05) is 30.7 Å². The molecule has 0 fully saturated rings. The molecule has 3 radical (unpaired) electrons. The summed E-state index contributed by atoms with van der Waals surface area (Å²) in [6.07, 6.45) is 2.99. The summed E-state index contributed by atoms with van der Waals surface area (Å²) >= 11 is 0. The highest BCUT2D eigenvalue weighted by atomic mass is 28.1. The molecule has 0 rings (SSSR count). The average Bonchev–Trinajstić information content (AvgIpc) is 2.06. The lowest BCUT2D eigenvalue weighted by Crippen LogP contribution is -2.23. The van der Waals surface area contributed by atoms with Gasteiger partial charge in [0.15, 0.2) is 0 Å². The Labute approximate surface area is 85.2 Å². The second kappa shape index (κ2) is 6.89. The summed E-state index contributed by atoms with van der Waals surface area (Å²) < 4.78 is 0. The molecule has 0 N–H and O–H groups in total. The Hall–Kier alpha value is -0.573. The Morgan fingerprint density at radius 3 is 2.38 bits per heavy atom. The summed E-state index contributed by atoms with van der Waals surface area (Å²) in [4.78, 5) is 6.55. The van der Waals surface area contributed by atoms with Crippen molar-refractivity contribution in [2.75, 3.05) is 19.3 Å². The Morgan fingerprint density at radius 1 is 1.38 bits per heavy atom. The zero-order chi connectivity index (χ0) is 10.3. The highest BCUT2D eigenvalue weighted by Gasteiger charge is 1.98. The Balaban J connectivity index is 4.37. The number of hydrogen-bond donors (Lipinski definition) is 0. The molecule has 0 aromatic heterocycles. The maximum atomic E-state index is 4.31. The van der Waals surface area contributed by atoms with Gasteiger partial charge in [-0.05, 0) is 33.8 Å². The van der Waals surface area contributed by atoms with Crippen molar-refractivity contribution in [1.82, 2.24) is 4.90 Å². The molecule has 0 aromatic rings. The monoisotopic (exact) mass is 195 g/mol. The lowest BCUT2D eigenvalue weighted by molar-refractivity contribution is 0.422. The van der Waals surface area contributed by atoms with E-state index in [9.17, 15) is 0 Å². The molecule has 0 unspecified atom stereocenters. The molecule has 13 heavy (non-hydrogen) atoms. The quantitative estimate of drug-likeness (QED) is 0.482. The largest absolute Gasteiger partial charge is 0.379 e. The summed E-state index contributed by atoms with van der Waals surface area (Å²) in [5.41, 5.74) is 2.35. The molecule has 0 aliphatic carbocycles. The van der Waals surface area contributed by atoms with Crippen molar-refractivity contribution in [2.45, 2.75) is 27.7 Å². The van der Waals surface area contributed by atoms with Crippen molar-refractivity contribution >= 4 is 16.0 Å². The summed E-state index contributed by atoms with van der Waals surface area (Å²) in [5, 5.41) is 0. The molecule has 0 heterocycles. The maximum Gasteiger partial charge on any atom is 0.0513 e. The predicted octanol–water partition coefficient (Wildman–Crippen LogP) is 1.82. The second-order valence-corrected chi connectivity index (χ2v) is 3.23. The molecule has 0 atom stereocenters. The minimum Gasteiger partial charge on any atom is -0.379 e. The number of aliphatic imine (C=N–C) groups is 1. The normalized spacial score (nSPS) is 13.3. The zero-order valence-corrected chi connectivity index (χ0v) is 10.1. The first kappa shape index (κ1) is 12.4. The first-order valence-electron chi connectivity index (χ1n) is 4.74. The van der Waals surface area contributed by atoms with Gasteiger partial charge in [-0.15, -0.1) is 0 Å². The van der Waals surface area contributed by atoms with E-state index in [1.54, 1.807) is 0 Å². The lowest BCUT2D eigenvalue weighted by atomic mass is 10.3. The molecular formula is C10H19N2Si. The lowest BCUT2D eigenvalue weighted by Gasteiger charge is -2.21. The molecule has 0 aromatic carbocycles.